The Hall–Kier alpha value is -2.12. The lowest BCUT2D eigenvalue weighted by atomic mass is 10.6. The second-order valence-corrected chi connectivity index (χ2v) is 1.73. The van der Waals surface area contributed by atoms with Gasteiger partial charge in [-0.2, -0.15) is 0 Å². The van der Waals surface area contributed by atoms with Crippen LogP contribution in [0.5, 0.6) is 0 Å². The van der Waals surface area contributed by atoms with Crippen molar-refractivity contribution in [2.45, 2.75) is 0 Å². The Bertz CT molecular complexity index is 308. The third-order valence-corrected chi connectivity index (χ3v) is 0.979. The highest BCUT2D eigenvalue weighted by Gasteiger charge is 2.13. The van der Waals surface area contributed by atoms with E-state index in [0.29, 0.717) is 0 Å². The SMILES string of the molecule is O=[N+]([O-])c1ccnc([N+](=O)[O-])n1. The van der Waals surface area contributed by atoms with Crippen LogP contribution in [0.25, 0.3) is 0 Å². The number of hydrogen-bond donors (Lipinski definition) is 0. The largest absolute Gasteiger partial charge is 0.472 e. The van der Waals surface area contributed by atoms with Crippen LogP contribution in [0.2, 0.25) is 0 Å². The van der Waals surface area contributed by atoms with Crippen LogP contribution in [0, 0.1) is 20.2 Å². The van der Waals surface area contributed by atoms with Gasteiger partial charge < -0.3 is 20.2 Å². The van der Waals surface area contributed by atoms with Gasteiger partial charge >= 0.3 is 11.8 Å². The molecule has 0 fully saturated rings. The van der Waals surface area contributed by atoms with Crippen molar-refractivity contribution in [3.63, 3.8) is 0 Å². The molecular weight excluding hydrogens is 168 g/mol. The van der Waals surface area contributed by atoms with E-state index in [1.54, 1.807) is 0 Å². The summed E-state index contributed by atoms with van der Waals surface area (Å²) in [5.74, 6) is -1.36. The Kier molecular flexibility index (Phi) is 1.90. The average molecular weight is 170 g/mol. The van der Waals surface area contributed by atoms with E-state index in [1.165, 1.54) is 0 Å². The molecule has 1 rings (SSSR count). The summed E-state index contributed by atoms with van der Waals surface area (Å²) < 4.78 is 0. The number of rotatable bonds is 2. The molecule has 1 heterocycles. The molecule has 0 saturated carbocycles. The molecule has 1 aromatic rings. The monoisotopic (exact) mass is 170 g/mol. The third-order valence-electron chi connectivity index (χ3n) is 0.979. The minimum Gasteiger partial charge on any atom is -0.390 e. The summed E-state index contributed by atoms with van der Waals surface area (Å²) in [6.07, 6.45) is 0.962. The lowest BCUT2D eigenvalue weighted by molar-refractivity contribution is -0.406. The first-order valence-electron chi connectivity index (χ1n) is 2.73. The van der Waals surface area contributed by atoms with Gasteiger partial charge in [0, 0.05) is 0 Å². The fourth-order valence-corrected chi connectivity index (χ4v) is 0.529. The van der Waals surface area contributed by atoms with Crippen LogP contribution in [0.4, 0.5) is 11.8 Å². The van der Waals surface area contributed by atoms with E-state index in [4.69, 9.17) is 0 Å². The number of nitro groups is 2. The molecule has 12 heavy (non-hydrogen) atoms. The van der Waals surface area contributed by atoms with E-state index in [9.17, 15) is 20.2 Å². The van der Waals surface area contributed by atoms with E-state index in [0.717, 1.165) is 12.3 Å². The summed E-state index contributed by atoms with van der Waals surface area (Å²) in [7, 11) is 0. The smallest absolute Gasteiger partial charge is 0.390 e. The summed E-state index contributed by atoms with van der Waals surface area (Å²) in [5.41, 5.74) is 0. The Morgan fingerprint density at radius 1 is 1.25 bits per heavy atom. The van der Waals surface area contributed by atoms with Crippen molar-refractivity contribution in [3.05, 3.63) is 32.5 Å². The predicted molar refractivity (Wildman–Crippen MR) is 35.3 cm³/mol. The molecule has 0 atom stereocenters. The molecule has 0 aliphatic carbocycles. The maximum Gasteiger partial charge on any atom is 0.472 e. The lowest BCUT2D eigenvalue weighted by Gasteiger charge is -1.92. The molecule has 0 N–H and O–H groups in total. The molecule has 0 aliphatic heterocycles. The molecule has 8 heteroatoms. The van der Waals surface area contributed by atoms with Gasteiger partial charge in [-0.15, -0.1) is 0 Å². The first kappa shape index (κ1) is 7.98. The van der Waals surface area contributed by atoms with Crippen LogP contribution in [0.1, 0.15) is 0 Å². The first-order chi connectivity index (χ1) is 5.61. The highest BCUT2D eigenvalue weighted by molar-refractivity contribution is 5.20. The molecule has 0 spiro atoms. The Morgan fingerprint density at radius 3 is 2.42 bits per heavy atom. The van der Waals surface area contributed by atoms with Crippen molar-refractivity contribution in [1.82, 2.24) is 9.97 Å². The van der Waals surface area contributed by atoms with E-state index in [1.807, 2.05) is 0 Å². The van der Waals surface area contributed by atoms with Gasteiger partial charge in [-0.3, -0.25) is 0 Å². The van der Waals surface area contributed by atoms with Gasteiger partial charge in [-0.05, 0) is 14.8 Å². The molecule has 0 aliphatic rings. The van der Waals surface area contributed by atoms with Gasteiger partial charge in [0.1, 0.15) is 6.20 Å². The summed E-state index contributed by atoms with van der Waals surface area (Å²) >= 11 is 0. The second kappa shape index (κ2) is 2.86. The molecule has 0 bridgehead atoms. The normalized spacial score (nSPS) is 9.33. The molecular formula is C4H2N4O4. The topological polar surface area (TPSA) is 112 Å². The molecule has 0 saturated heterocycles. The fourth-order valence-electron chi connectivity index (χ4n) is 0.529. The molecule has 62 valence electrons. The molecule has 0 radical (unpaired) electrons. The molecule has 1 aromatic heterocycles. The fraction of sp³-hybridized carbons (Fsp3) is 0. The lowest BCUT2D eigenvalue weighted by Crippen LogP contribution is -1.98. The van der Waals surface area contributed by atoms with Gasteiger partial charge in [0.05, 0.1) is 6.07 Å². The molecule has 0 aromatic carbocycles. The summed E-state index contributed by atoms with van der Waals surface area (Å²) in [4.78, 5) is 24.7. The zero-order chi connectivity index (χ0) is 9.14. The van der Waals surface area contributed by atoms with E-state index >= 15 is 0 Å². The first-order valence-corrected chi connectivity index (χ1v) is 2.73. The maximum atomic E-state index is 10.1. The van der Waals surface area contributed by atoms with Gasteiger partial charge in [0.2, 0.25) is 0 Å². The van der Waals surface area contributed by atoms with Gasteiger partial charge in [0.25, 0.3) is 0 Å². The van der Waals surface area contributed by atoms with E-state index in [-0.39, 0.29) is 0 Å². The Labute approximate surface area is 65.2 Å². The summed E-state index contributed by atoms with van der Waals surface area (Å²) in [5, 5.41) is 20.1. The van der Waals surface area contributed by atoms with E-state index < -0.39 is 21.6 Å². The van der Waals surface area contributed by atoms with Crippen molar-refractivity contribution >= 4 is 11.8 Å². The van der Waals surface area contributed by atoms with Crippen molar-refractivity contribution in [1.29, 1.82) is 0 Å². The highest BCUT2D eigenvalue weighted by atomic mass is 16.6. The minimum absolute atomic E-state index is 0.586. The van der Waals surface area contributed by atoms with Crippen LogP contribution in [-0.4, -0.2) is 19.8 Å². The van der Waals surface area contributed by atoms with Crippen LogP contribution in [0.3, 0.4) is 0 Å². The van der Waals surface area contributed by atoms with Crippen LogP contribution in [-0.2, 0) is 0 Å². The molecule has 8 nitrogen and oxygen atoms in total. The predicted octanol–water partition coefficient (Wildman–Crippen LogP) is 0.293. The Morgan fingerprint density at radius 2 is 1.92 bits per heavy atom. The van der Waals surface area contributed by atoms with Crippen LogP contribution < -0.4 is 0 Å². The zero-order valence-electron chi connectivity index (χ0n) is 5.58. The maximum absolute atomic E-state index is 10.1. The number of aromatic nitrogens is 2. The van der Waals surface area contributed by atoms with Crippen LogP contribution >= 0.6 is 0 Å². The zero-order valence-corrected chi connectivity index (χ0v) is 5.58. The van der Waals surface area contributed by atoms with Crippen molar-refractivity contribution in [3.8, 4) is 0 Å². The van der Waals surface area contributed by atoms with Crippen molar-refractivity contribution < 1.29 is 9.85 Å². The third kappa shape index (κ3) is 1.48. The summed E-state index contributed by atoms with van der Waals surface area (Å²) in [6, 6.07) is 0.979. The van der Waals surface area contributed by atoms with Gasteiger partial charge in [-0.25, -0.2) is 0 Å². The van der Waals surface area contributed by atoms with Crippen LogP contribution in [0.15, 0.2) is 12.3 Å². The minimum atomic E-state index is -0.896. The Balaban J connectivity index is 3.12. The van der Waals surface area contributed by atoms with Gasteiger partial charge in [0.15, 0.2) is 0 Å². The van der Waals surface area contributed by atoms with Crippen molar-refractivity contribution in [2.24, 2.45) is 0 Å². The average Bonchev–Trinajstić information content (AvgIpc) is 2.04. The summed E-state index contributed by atoms with van der Waals surface area (Å²) in [6.45, 7) is 0. The quantitative estimate of drug-likeness (QED) is 0.465. The second-order valence-electron chi connectivity index (χ2n) is 1.73. The molecule has 0 amide bonds. The number of hydrogen-bond acceptors (Lipinski definition) is 6. The molecule has 0 unspecified atom stereocenters. The van der Waals surface area contributed by atoms with Gasteiger partial charge in [-0.1, -0.05) is 4.98 Å². The standard InChI is InChI=1S/C4H2N4O4/c9-7(10)3-1-2-5-4(6-3)8(11)12/h1-2H. The highest BCUT2D eigenvalue weighted by Crippen LogP contribution is 2.08. The number of nitrogens with zero attached hydrogens (tertiary/aromatic N) is 4. The van der Waals surface area contributed by atoms with Crippen molar-refractivity contribution in [2.75, 3.05) is 0 Å². The van der Waals surface area contributed by atoms with E-state index in [2.05, 4.69) is 9.97 Å².